The highest BCUT2D eigenvalue weighted by atomic mass is 79.9. The molecular formula is C29H33BrF2N4O7. The van der Waals surface area contributed by atoms with Crippen molar-refractivity contribution in [2.24, 2.45) is 0 Å². The Balaban J connectivity index is 1.54. The first-order valence-electron chi connectivity index (χ1n) is 13.8. The van der Waals surface area contributed by atoms with Crippen molar-refractivity contribution >= 4 is 27.5 Å². The fraction of sp³-hybridized carbons (Fsp3) is 0.483. The van der Waals surface area contributed by atoms with Gasteiger partial charge < -0.3 is 34.4 Å². The molecule has 11 nitrogen and oxygen atoms in total. The fourth-order valence-electron chi connectivity index (χ4n) is 5.97. The number of anilines is 1. The van der Waals surface area contributed by atoms with E-state index in [9.17, 15) is 28.9 Å². The van der Waals surface area contributed by atoms with E-state index in [2.05, 4.69) is 26.2 Å². The molecule has 1 saturated carbocycles. The van der Waals surface area contributed by atoms with E-state index in [1.165, 1.54) is 36.1 Å². The number of benzene rings is 2. The van der Waals surface area contributed by atoms with Gasteiger partial charge >= 0.3 is 0 Å². The number of carbonyl (C=O) groups is 1. The van der Waals surface area contributed by atoms with Crippen LogP contribution in [0.25, 0.3) is 11.3 Å². The van der Waals surface area contributed by atoms with Crippen molar-refractivity contribution in [3.05, 3.63) is 58.2 Å². The van der Waals surface area contributed by atoms with Crippen LogP contribution in [-0.4, -0.2) is 93.6 Å². The molecule has 1 aliphatic carbocycles. The largest absolute Gasteiger partial charge is 0.494 e. The van der Waals surface area contributed by atoms with E-state index in [4.69, 9.17) is 14.2 Å². The van der Waals surface area contributed by atoms with Gasteiger partial charge in [0.15, 0.2) is 17.7 Å². The van der Waals surface area contributed by atoms with E-state index in [1.54, 1.807) is 6.07 Å². The van der Waals surface area contributed by atoms with Gasteiger partial charge in [-0.1, -0.05) is 21.1 Å². The molecule has 1 aliphatic heterocycles. The molecule has 2 fully saturated rings. The standard InChI is InChI=1S/C29H33BrF2N4O7/c1-14-7-16(30)11-17(8-14)36(20-5-4-6-21(20)38)29(40)28-27(42-3)25(26(39)23(13-37)43-28)35-12-19(33-34-35)15-9-18(31)24(32)22(10-15)41-2/h7-12,20-21,23,25-28,37-39H,4-6,13H2,1-3H3/t20-,21-,23?,25?,26?,27?,28?/m1/s1. The van der Waals surface area contributed by atoms with Gasteiger partial charge in [0.05, 0.1) is 32.1 Å². The number of nitrogens with zero attached hydrogens (tertiary/aromatic N) is 4. The average molecular weight is 668 g/mol. The lowest BCUT2D eigenvalue weighted by atomic mass is 9.91. The zero-order valence-corrected chi connectivity index (χ0v) is 25.3. The number of halogens is 3. The number of rotatable bonds is 8. The van der Waals surface area contributed by atoms with Gasteiger partial charge in [-0.3, -0.25) is 4.79 Å². The van der Waals surface area contributed by atoms with E-state index < -0.39 is 66.8 Å². The van der Waals surface area contributed by atoms with Crippen LogP contribution in [0.2, 0.25) is 0 Å². The number of amides is 1. The number of methoxy groups -OCH3 is 2. The molecule has 5 rings (SSSR count). The summed E-state index contributed by atoms with van der Waals surface area (Å²) in [7, 11) is 2.55. The van der Waals surface area contributed by atoms with Crippen molar-refractivity contribution in [1.29, 1.82) is 0 Å². The highest BCUT2D eigenvalue weighted by Gasteiger charge is 2.52. The summed E-state index contributed by atoms with van der Waals surface area (Å²) in [5.41, 5.74) is 1.72. The van der Waals surface area contributed by atoms with Crippen molar-refractivity contribution in [3.8, 4) is 17.0 Å². The summed E-state index contributed by atoms with van der Waals surface area (Å²) in [5, 5.41) is 40.4. The summed E-state index contributed by atoms with van der Waals surface area (Å²) in [6, 6.07) is 6.07. The van der Waals surface area contributed by atoms with Crippen LogP contribution in [-0.2, 0) is 14.3 Å². The molecule has 14 heteroatoms. The number of aliphatic hydroxyl groups excluding tert-OH is 3. The molecule has 2 aromatic carbocycles. The van der Waals surface area contributed by atoms with Crippen LogP contribution in [0.1, 0.15) is 30.9 Å². The minimum atomic E-state index is -1.40. The third-order valence-electron chi connectivity index (χ3n) is 8.03. The molecule has 1 amide bonds. The number of aryl methyl sites for hydroxylation is 1. The summed E-state index contributed by atoms with van der Waals surface area (Å²) < 4.78 is 46.9. The SMILES string of the molecule is COc1cc(-c2cn(C3C(O)C(CO)OC(C(=O)N(c4cc(C)cc(Br)c4)[C@@H]4CCC[C@H]4O)C3OC)nn2)cc(F)c1F. The molecule has 3 N–H and O–H groups in total. The highest BCUT2D eigenvalue weighted by Crippen LogP contribution is 2.38. The minimum absolute atomic E-state index is 0.134. The summed E-state index contributed by atoms with van der Waals surface area (Å²) >= 11 is 3.49. The first kappa shape index (κ1) is 31.4. The maximum Gasteiger partial charge on any atom is 0.259 e. The quantitative estimate of drug-likeness (QED) is 0.331. The maximum atomic E-state index is 14.4. The Morgan fingerprint density at radius 3 is 2.58 bits per heavy atom. The zero-order valence-electron chi connectivity index (χ0n) is 23.7. The van der Waals surface area contributed by atoms with Gasteiger partial charge in [-0.25, -0.2) is 9.07 Å². The van der Waals surface area contributed by atoms with Crippen LogP contribution in [0.15, 0.2) is 41.0 Å². The second kappa shape index (κ2) is 12.9. The Morgan fingerprint density at radius 2 is 1.95 bits per heavy atom. The summed E-state index contributed by atoms with van der Waals surface area (Å²) in [4.78, 5) is 15.9. The molecule has 3 aromatic rings. The molecule has 1 saturated heterocycles. The van der Waals surface area contributed by atoms with E-state index in [1.807, 2.05) is 19.1 Å². The smallest absolute Gasteiger partial charge is 0.259 e. The second-order valence-electron chi connectivity index (χ2n) is 10.8. The Morgan fingerprint density at radius 1 is 1.19 bits per heavy atom. The molecule has 1 aromatic heterocycles. The first-order chi connectivity index (χ1) is 20.6. The predicted octanol–water partition coefficient (Wildman–Crippen LogP) is 2.93. The van der Waals surface area contributed by atoms with Crippen LogP contribution in [0, 0.1) is 18.6 Å². The van der Waals surface area contributed by atoms with Crippen LogP contribution in [0.3, 0.4) is 0 Å². The van der Waals surface area contributed by atoms with Crippen LogP contribution < -0.4 is 9.64 Å². The molecule has 0 radical (unpaired) electrons. The van der Waals surface area contributed by atoms with Gasteiger partial charge in [0.1, 0.15) is 30.0 Å². The second-order valence-corrected chi connectivity index (χ2v) is 11.7. The van der Waals surface area contributed by atoms with Gasteiger partial charge in [0.2, 0.25) is 5.82 Å². The Hall–Kier alpha value is -3.01. The molecule has 0 bridgehead atoms. The van der Waals surface area contributed by atoms with Crippen molar-refractivity contribution < 1.29 is 43.1 Å². The van der Waals surface area contributed by atoms with Gasteiger partial charge in [-0.2, -0.15) is 4.39 Å². The molecule has 5 unspecified atom stereocenters. The number of hydrogen-bond donors (Lipinski definition) is 3. The van der Waals surface area contributed by atoms with Crippen molar-refractivity contribution in [2.45, 2.75) is 68.8 Å². The molecular weight excluding hydrogens is 634 g/mol. The van der Waals surface area contributed by atoms with Crippen LogP contribution in [0.5, 0.6) is 5.75 Å². The van der Waals surface area contributed by atoms with Gasteiger partial charge in [-0.05, 0) is 62.1 Å². The minimum Gasteiger partial charge on any atom is -0.494 e. The Bertz CT molecular complexity index is 1460. The number of ether oxygens (including phenoxy) is 3. The zero-order chi connectivity index (χ0) is 31.0. The van der Waals surface area contributed by atoms with Crippen LogP contribution >= 0.6 is 15.9 Å². The summed E-state index contributed by atoms with van der Waals surface area (Å²) in [6.45, 7) is 1.26. The number of aliphatic hydroxyl groups is 3. The number of aromatic nitrogens is 3. The number of carbonyl (C=O) groups excluding carboxylic acids is 1. The van der Waals surface area contributed by atoms with Gasteiger partial charge in [0.25, 0.3) is 5.91 Å². The monoisotopic (exact) mass is 666 g/mol. The van der Waals surface area contributed by atoms with E-state index in [0.29, 0.717) is 18.5 Å². The van der Waals surface area contributed by atoms with E-state index in [-0.39, 0.29) is 17.0 Å². The topological polar surface area (TPSA) is 139 Å². The predicted molar refractivity (Wildman–Crippen MR) is 154 cm³/mol. The van der Waals surface area contributed by atoms with E-state index >= 15 is 0 Å². The molecule has 43 heavy (non-hydrogen) atoms. The Labute approximate surface area is 255 Å². The Kier molecular flexibility index (Phi) is 9.44. The van der Waals surface area contributed by atoms with Gasteiger partial charge in [-0.15, -0.1) is 5.10 Å². The highest BCUT2D eigenvalue weighted by molar-refractivity contribution is 9.10. The normalized spacial score (nSPS) is 27.3. The lowest BCUT2D eigenvalue weighted by molar-refractivity contribution is -0.211. The lowest BCUT2D eigenvalue weighted by Gasteiger charge is -2.45. The van der Waals surface area contributed by atoms with Crippen molar-refractivity contribution in [3.63, 3.8) is 0 Å². The molecule has 232 valence electrons. The summed E-state index contributed by atoms with van der Waals surface area (Å²) in [6.07, 6.45) is -2.64. The maximum absolute atomic E-state index is 14.4. The fourth-order valence-corrected chi connectivity index (χ4v) is 6.57. The third kappa shape index (κ3) is 6.04. The van der Waals surface area contributed by atoms with Crippen molar-refractivity contribution in [1.82, 2.24) is 15.0 Å². The average Bonchev–Trinajstić information content (AvgIpc) is 3.63. The molecule has 7 atom stereocenters. The first-order valence-corrected chi connectivity index (χ1v) is 14.6. The summed E-state index contributed by atoms with van der Waals surface area (Å²) in [5.74, 6) is -3.15. The van der Waals surface area contributed by atoms with Crippen molar-refractivity contribution in [2.75, 3.05) is 25.7 Å². The van der Waals surface area contributed by atoms with E-state index in [0.717, 1.165) is 22.5 Å². The number of hydrogen-bond acceptors (Lipinski definition) is 9. The van der Waals surface area contributed by atoms with Crippen LogP contribution in [0.4, 0.5) is 14.5 Å². The van der Waals surface area contributed by atoms with Gasteiger partial charge in [0, 0.05) is 22.8 Å². The molecule has 0 spiro atoms. The lowest BCUT2D eigenvalue weighted by Crippen LogP contribution is -2.62. The molecule has 2 heterocycles. The molecule has 2 aliphatic rings. The third-order valence-corrected chi connectivity index (χ3v) is 8.48.